The minimum absolute atomic E-state index is 0.213. The van der Waals surface area contributed by atoms with Crippen molar-refractivity contribution in [2.24, 2.45) is 5.41 Å². The number of fused-ring (bicyclic) bond motifs is 1. The zero-order valence-electron chi connectivity index (χ0n) is 15.5. The number of likely N-dealkylation sites (tertiary alicyclic amines) is 1. The van der Waals surface area contributed by atoms with E-state index in [1.807, 2.05) is 39.9 Å². The number of methoxy groups -OCH3 is 1. The first-order chi connectivity index (χ1) is 13.2. The van der Waals surface area contributed by atoms with E-state index in [2.05, 4.69) is 35.2 Å². The Kier molecular flexibility index (Phi) is 3.64. The second kappa shape index (κ2) is 6.05. The molecule has 5 heteroatoms. The molecule has 1 amide bonds. The molecule has 138 valence electrons. The van der Waals surface area contributed by atoms with Crippen LogP contribution in [0.2, 0.25) is 0 Å². The van der Waals surface area contributed by atoms with E-state index in [1.54, 1.807) is 7.11 Å². The van der Waals surface area contributed by atoms with E-state index < -0.39 is 0 Å². The Labute approximate surface area is 158 Å². The summed E-state index contributed by atoms with van der Waals surface area (Å²) >= 11 is 0. The highest BCUT2D eigenvalue weighted by Gasteiger charge is 2.53. The Balaban J connectivity index is 1.17. The van der Waals surface area contributed by atoms with Gasteiger partial charge in [-0.05, 0) is 41.8 Å². The number of rotatable bonds is 4. The fourth-order valence-corrected chi connectivity index (χ4v) is 4.40. The van der Waals surface area contributed by atoms with Crippen LogP contribution in [0.25, 0.3) is 10.9 Å². The lowest BCUT2D eigenvalue weighted by Gasteiger charge is -2.61. The van der Waals surface area contributed by atoms with E-state index >= 15 is 0 Å². The summed E-state index contributed by atoms with van der Waals surface area (Å²) in [6.45, 7) is 4.21. The van der Waals surface area contributed by atoms with Gasteiger partial charge in [0.2, 0.25) is 5.91 Å². The van der Waals surface area contributed by atoms with Crippen molar-refractivity contribution >= 4 is 22.5 Å². The lowest BCUT2D eigenvalue weighted by Crippen LogP contribution is -2.73. The molecule has 2 saturated heterocycles. The predicted molar refractivity (Wildman–Crippen MR) is 106 cm³/mol. The molecule has 0 saturated carbocycles. The number of hydrogen-bond acceptors (Lipinski definition) is 3. The van der Waals surface area contributed by atoms with E-state index in [4.69, 9.17) is 4.74 Å². The quantitative estimate of drug-likeness (QED) is 0.717. The van der Waals surface area contributed by atoms with Gasteiger partial charge in [-0.2, -0.15) is 0 Å². The van der Waals surface area contributed by atoms with Crippen LogP contribution in [0, 0.1) is 5.41 Å². The molecule has 1 spiro atoms. The standard InChI is InChI=1S/C22H23N3O2/c1-27-19-8-6-18(7-9-19)24-13-22(14-24)15-25(16-22)21(26)12-23-11-10-17-4-2-3-5-20(17)23/h2-11H,12-16H2,1H3. The average Bonchev–Trinajstić information content (AvgIpc) is 3.03. The largest absolute Gasteiger partial charge is 0.497 e. The van der Waals surface area contributed by atoms with Crippen molar-refractivity contribution in [3.05, 3.63) is 60.8 Å². The van der Waals surface area contributed by atoms with Crippen LogP contribution < -0.4 is 9.64 Å². The number of carbonyl (C=O) groups excluding carboxylic acids is 1. The van der Waals surface area contributed by atoms with Crippen molar-refractivity contribution in [1.82, 2.24) is 9.47 Å². The zero-order chi connectivity index (χ0) is 18.4. The maximum Gasteiger partial charge on any atom is 0.242 e. The van der Waals surface area contributed by atoms with Crippen LogP contribution in [-0.2, 0) is 11.3 Å². The van der Waals surface area contributed by atoms with Crippen LogP contribution in [-0.4, -0.2) is 48.7 Å². The van der Waals surface area contributed by atoms with Gasteiger partial charge in [0.25, 0.3) is 0 Å². The minimum Gasteiger partial charge on any atom is -0.497 e. The summed E-state index contributed by atoms with van der Waals surface area (Å²) in [6.07, 6.45) is 2.01. The van der Waals surface area contributed by atoms with Crippen LogP contribution in [0.5, 0.6) is 5.75 Å². The fourth-order valence-electron chi connectivity index (χ4n) is 4.40. The van der Waals surface area contributed by atoms with Crippen molar-refractivity contribution in [3.63, 3.8) is 0 Å². The number of nitrogens with zero attached hydrogens (tertiary/aromatic N) is 3. The minimum atomic E-state index is 0.213. The van der Waals surface area contributed by atoms with Crippen molar-refractivity contribution in [2.75, 3.05) is 38.2 Å². The summed E-state index contributed by atoms with van der Waals surface area (Å²) in [4.78, 5) is 17.0. The number of anilines is 1. The van der Waals surface area contributed by atoms with E-state index in [0.29, 0.717) is 6.54 Å². The van der Waals surface area contributed by atoms with Crippen LogP contribution in [0.3, 0.4) is 0 Å². The SMILES string of the molecule is COc1ccc(N2CC3(CN(C(=O)Cn4ccc5ccccc54)C3)C2)cc1. The summed E-state index contributed by atoms with van der Waals surface area (Å²) in [7, 11) is 1.68. The van der Waals surface area contributed by atoms with E-state index in [1.165, 1.54) is 11.1 Å². The first-order valence-corrected chi connectivity index (χ1v) is 9.37. The summed E-state index contributed by atoms with van der Waals surface area (Å²) < 4.78 is 7.27. The van der Waals surface area contributed by atoms with Crippen LogP contribution in [0.4, 0.5) is 5.69 Å². The van der Waals surface area contributed by atoms with Crippen molar-refractivity contribution in [1.29, 1.82) is 0 Å². The molecule has 27 heavy (non-hydrogen) atoms. The van der Waals surface area contributed by atoms with Gasteiger partial charge in [-0.25, -0.2) is 0 Å². The maximum atomic E-state index is 12.7. The van der Waals surface area contributed by atoms with E-state index in [9.17, 15) is 4.79 Å². The lowest BCUT2D eigenvalue weighted by molar-refractivity contribution is -0.145. The molecule has 1 aromatic heterocycles. The Morgan fingerprint density at radius 2 is 1.74 bits per heavy atom. The third-order valence-corrected chi connectivity index (χ3v) is 5.88. The Morgan fingerprint density at radius 1 is 1.00 bits per heavy atom. The highest BCUT2D eigenvalue weighted by Crippen LogP contribution is 2.42. The van der Waals surface area contributed by atoms with Gasteiger partial charge in [-0.3, -0.25) is 4.79 Å². The van der Waals surface area contributed by atoms with Crippen molar-refractivity contribution in [2.45, 2.75) is 6.54 Å². The van der Waals surface area contributed by atoms with Gasteiger partial charge < -0.3 is 19.1 Å². The zero-order valence-corrected chi connectivity index (χ0v) is 15.5. The van der Waals surface area contributed by atoms with Gasteiger partial charge in [0.1, 0.15) is 12.3 Å². The number of para-hydroxylation sites is 1. The third-order valence-electron chi connectivity index (χ3n) is 5.88. The molecular weight excluding hydrogens is 338 g/mol. The lowest BCUT2D eigenvalue weighted by atomic mass is 9.72. The number of hydrogen-bond donors (Lipinski definition) is 0. The number of aromatic nitrogens is 1. The number of carbonyl (C=O) groups is 1. The monoisotopic (exact) mass is 361 g/mol. The predicted octanol–water partition coefficient (Wildman–Crippen LogP) is 3.00. The van der Waals surface area contributed by atoms with Gasteiger partial charge in [0, 0.05) is 49.0 Å². The molecule has 2 aromatic carbocycles. The topological polar surface area (TPSA) is 37.7 Å². The van der Waals surface area contributed by atoms with Crippen molar-refractivity contribution < 1.29 is 9.53 Å². The third kappa shape index (κ3) is 2.74. The van der Waals surface area contributed by atoms with Crippen LogP contribution >= 0.6 is 0 Å². The molecule has 0 N–H and O–H groups in total. The van der Waals surface area contributed by atoms with Gasteiger partial charge in [0.15, 0.2) is 0 Å². The number of benzene rings is 2. The molecule has 5 rings (SSSR count). The number of amides is 1. The van der Waals surface area contributed by atoms with Gasteiger partial charge in [-0.1, -0.05) is 18.2 Å². The van der Waals surface area contributed by atoms with Gasteiger partial charge >= 0.3 is 0 Å². The van der Waals surface area contributed by atoms with Gasteiger partial charge in [0.05, 0.1) is 7.11 Å². The molecular formula is C22H23N3O2. The number of ether oxygens (including phenoxy) is 1. The molecule has 0 aliphatic carbocycles. The molecule has 2 aliphatic heterocycles. The highest BCUT2D eigenvalue weighted by molar-refractivity contribution is 5.83. The molecule has 0 bridgehead atoms. The smallest absolute Gasteiger partial charge is 0.242 e. The van der Waals surface area contributed by atoms with Crippen LogP contribution in [0.15, 0.2) is 60.8 Å². The fraction of sp³-hybridized carbons (Fsp3) is 0.318. The molecule has 0 unspecified atom stereocenters. The van der Waals surface area contributed by atoms with Crippen LogP contribution in [0.1, 0.15) is 0 Å². The Hall–Kier alpha value is -2.95. The molecule has 0 atom stereocenters. The van der Waals surface area contributed by atoms with E-state index in [0.717, 1.165) is 37.4 Å². The summed E-state index contributed by atoms with van der Waals surface area (Å²) in [5.74, 6) is 1.09. The normalized spacial score (nSPS) is 17.7. The summed E-state index contributed by atoms with van der Waals surface area (Å²) in [6, 6.07) is 18.5. The first-order valence-electron chi connectivity index (χ1n) is 9.37. The molecule has 3 aromatic rings. The molecule has 5 nitrogen and oxygen atoms in total. The Bertz CT molecular complexity index is 978. The summed E-state index contributed by atoms with van der Waals surface area (Å²) in [5, 5.41) is 1.18. The first kappa shape index (κ1) is 16.2. The van der Waals surface area contributed by atoms with E-state index in [-0.39, 0.29) is 11.3 Å². The Morgan fingerprint density at radius 3 is 2.48 bits per heavy atom. The molecule has 3 heterocycles. The second-order valence-electron chi connectivity index (χ2n) is 7.81. The van der Waals surface area contributed by atoms with Gasteiger partial charge in [-0.15, -0.1) is 0 Å². The molecule has 0 radical (unpaired) electrons. The summed E-state index contributed by atoms with van der Waals surface area (Å²) in [5.41, 5.74) is 2.63. The molecule has 2 aliphatic rings. The second-order valence-corrected chi connectivity index (χ2v) is 7.81. The average molecular weight is 361 g/mol. The van der Waals surface area contributed by atoms with Crippen molar-refractivity contribution in [3.8, 4) is 5.75 Å². The highest BCUT2D eigenvalue weighted by atomic mass is 16.5. The maximum absolute atomic E-state index is 12.7. The molecule has 2 fully saturated rings.